The third-order valence-corrected chi connectivity index (χ3v) is 4.52. The Balaban J connectivity index is 1.55. The van der Waals surface area contributed by atoms with Gasteiger partial charge in [0.1, 0.15) is 17.0 Å². The predicted octanol–water partition coefficient (Wildman–Crippen LogP) is -0.768. The molecule has 1 aliphatic carbocycles. The van der Waals surface area contributed by atoms with Crippen molar-refractivity contribution >= 4 is 10.0 Å². The number of nitrogens with one attached hydrogen (secondary N) is 3. The SMILES string of the molecule is O=S(=O)(NCc1ncn[nH]1)c1cnn(CCNC2CC2)c1. The highest BCUT2D eigenvalue weighted by Crippen LogP contribution is 2.18. The van der Waals surface area contributed by atoms with Gasteiger partial charge in [-0.1, -0.05) is 0 Å². The van der Waals surface area contributed by atoms with E-state index in [1.807, 2.05) is 0 Å². The van der Waals surface area contributed by atoms with Gasteiger partial charge < -0.3 is 5.32 Å². The van der Waals surface area contributed by atoms with Gasteiger partial charge in [0.2, 0.25) is 10.0 Å². The molecular weight excluding hydrogens is 294 g/mol. The van der Waals surface area contributed by atoms with Gasteiger partial charge in [0.15, 0.2) is 0 Å². The Morgan fingerprint density at radius 1 is 1.43 bits per heavy atom. The molecule has 9 nitrogen and oxygen atoms in total. The number of hydrogen-bond acceptors (Lipinski definition) is 6. The van der Waals surface area contributed by atoms with Crippen LogP contribution in [0.25, 0.3) is 0 Å². The quantitative estimate of drug-likeness (QED) is 0.589. The molecule has 0 aromatic carbocycles. The number of sulfonamides is 1. The molecule has 1 aliphatic rings. The van der Waals surface area contributed by atoms with E-state index in [0.29, 0.717) is 18.4 Å². The van der Waals surface area contributed by atoms with Gasteiger partial charge in [-0.2, -0.15) is 10.2 Å². The van der Waals surface area contributed by atoms with Gasteiger partial charge in [0.05, 0.1) is 19.3 Å². The summed E-state index contributed by atoms with van der Waals surface area (Å²) in [5.41, 5.74) is 0. The second kappa shape index (κ2) is 5.92. The lowest BCUT2D eigenvalue weighted by Crippen LogP contribution is -2.24. The van der Waals surface area contributed by atoms with E-state index in [-0.39, 0.29) is 11.4 Å². The van der Waals surface area contributed by atoms with E-state index in [2.05, 4.69) is 30.3 Å². The number of hydrogen-bond donors (Lipinski definition) is 3. The van der Waals surface area contributed by atoms with Crippen LogP contribution in [0.3, 0.4) is 0 Å². The smallest absolute Gasteiger partial charge is 0.244 e. The molecule has 0 spiro atoms. The van der Waals surface area contributed by atoms with Crippen LogP contribution in [0.5, 0.6) is 0 Å². The summed E-state index contributed by atoms with van der Waals surface area (Å²) < 4.78 is 28.2. The maximum Gasteiger partial charge on any atom is 0.244 e. The van der Waals surface area contributed by atoms with Crippen molar-refractivity contribution in [2.24, 2.45) is 0 Å². The molecule has 10 heteroatoms. The summed E-state index contributed by atoms with van der Waals surface area (Å²) in [5, 5.41) is 13.7. The highest BCUT2D eigenvalue weighted by molar-refractivity contribution is 7.89. The first kappa shape index (κ1) is 14.2. The molecule has 0 radical (unpaired) electrons. The lowest BCUT2D eigenvalue weighted by molar-refractivity contribution is 0.551. The molecule has 21 heavy (non-hydrogen) atoms. The summed E-state index contributed by atoms with van der Waals surface area (Å²) >= 11 is 0. The van der Waals surface area contributed by atoms with E-state index >= 15 is 0 Å². The van der Waals surface area contributed by atoms with Crippen molar-refractivity contribution in [2.75, 3.05) is 6.54 Å². The summed E-state index contributed by atoms with van der Waals surface area (Å²) in [6, 6.07) is 0.632. The number of aromatic nitrogens is 5. The highest BCUT2D eigenvalue weighted by atomic mass is 32.2. The van der Waals surface area contributed by atoms with Crippen molar-refractivity contribution in [3.05, 3.63) is 24.5 Å². The molecule has 114 valence electrons. The van der Waals surface area contributed by atoms with E-state index in [9.17, 15) is 8.42 Å². The van der Waals surface area contributed by atoms with Crippen molar-refractivity contribution in [3.63, 3.8) is 0 Å². The molecule has 0 unspecified atom stereocenters. The summed E-state index contributed by atoms with van der Waals surface area (Å²) in [4.78, 5) is 4.01. The first-order valence-electron chi connectivity index (χ1n) is 6.73. The molecule has 2 aromatic heterocycles. The fraction of sp³-hybridized carbons (Fsp3) is 0.545. The topological polar surface area (TPSA) is 118 Å². The second-order valence-electron chi connectivity index (χ2n) is 4.92. The van der Waals surface area contributed by atoms with Crippen LogP contribution in [-0.2, 0) is 23.1 Å². The van der Waals surface area contributed by atoms with Crippen molar-refractivity contribution in [2.45, 2.75) is 36.9 Å². The minimum Gasteiger partial charge on any atom is -0.312 e. The Morgan fingerprint density at radius 3 is 3.00 bits per heavy atom. The van der Waals surface area contributed by atoms with Crippen LogP contribution in [-0.4, -0.2) is 46.0 Å². The molecule has 1 fully saturated rings. The van der Waals surface area contributed by atoms with Gasteiger partial charge in [-0.05, 0) is 12.8 Å². The van der Waals surface area contributed by atoms with Crippen LogP contribution in [0.15, 0.2) is 23.6 Å². The van der Waals surface area contributed by atoms with E-state index in [1.165, 1.54) is 31.6 Å². The molecule has 2 heterocycles. The van der Waals surface area contributed by atoms with Crippen LogP contribution in [0.4, 0.5) is 0 Å². The number of aromatic amines is 1. The zero-order valence-electron chi connectivity index (χ0n) is 11.4. The predicted molar refractivity (Wildman–Crippen MR) is 73.7 cm³/mol. The lowest BCUT2D eigenvalue weighted by Gasteiger charge is -2.03. The Bertz CT molecular complexity index is 675. The number of rotatable bonds is 8. The summed E-state index contributed by atoms with van der Waals surface area (Å²) in [5.74, 6) is 0.458. The third-order valence-electron chi connectivity index (χ3n) is 3.17. The second-order valence-corrected chi connectivity index (χ2v) is 6.69. The zero-order valence-corrected chi connectivity index (χ0v) is 12.2. The Hall–Kier alpha value is -1.78. The van der Waals surface area contributed by atoms with Crippen molar-refractivity contribution in [1.82, 2.24) is 35.0 Å². The van der Waals surface area contributed by atoms with Crippen molar-refractivity contribution in [3.8, 4) is 0 Å². The normalized spacial score (nSPS) is 15.4. The van der Waals surface area contributed by atoms with Crippen LogP contribution in [0, 0.1) is 0 Å². The first-order chi connectivity index (χ1) is 10.1. The molecule has 0 saturated heterocycles. The lowest BCUT2D eigenvalue weighted by atomic mass is 10.6. The zero-order chi connectivity index (χ0) is 14.7. The average Bonchev–Trinajstić information content (AvgIpc) is 2.94. The molecule has 0 amide bonds. The van der Waals surface area contributed by atoms with Crippen molar-refractivity contribution in [1.29, 1.82) is 0 Å². The molecule has 3 N–H and O–H groups in total. The molecule has 0 aliphatic heterocycles. The molecule has 2 aromatic rings. The summed E-state index contributed by atoms with van der Waals surface area (Å²) in [7, 11) is -3.59. The Kier molecular flexibility index (Phi) is 3.99. The van der Waals surface area contributed by atoms with Crippen LogP contribution in [0.1, 0.15) is 18.7 Å². The average molecular weight is 311 g/mol. The molecule has 3 rings (SSSR count). The van der Waals surface area contributed by atoms with Gasteiger partial charge in [0, 0.05) is 18.8 Å². The maximum atomic E-state index is 12.1. The Morgan fingerprint density at radius 2 is 2.29 bits per heavy atom. The fourth-order valence-corrected chi connectivity index (χ4v) is 2.78. The number of H-pyrrole nitrogens is 1. The standard InChI is InChI=1S/C11H17N7O2S/c19-21(20,16-6-11-13-8-14-17-11)10-5-15-18(7-10)4-3-12-9-1-2-9/h5,7-9,12,16H,1-4,6H2,(H,13,14,17). The molecule has 0 atom stereocenters. The number of nitrogens with zero attached hydrogens (tertiary/aromatic N) is 4. The van der Waals surface area contributed by atoms with E-state index in [1.54, 1.807) is 4.68 Å². The first-order valence-corrected chi connectivity index (χ1v) is 8.21. The summed E-state index contributed by atoms with van der Waals surface area (Å²) in [6.45, 7) is 1.50. The van der Waals surface area contributed by atoms with Gasteiger partial charge >= 0.3 is 0 Å². The van der Waals surface area contributed by atoms with E-state index in [4.69, 9.17) is 0 Å². The van der Waals surface area contributed by atoms with Gasteiger partial charge in [0.25, 0.3) is 0 Å². The molecule has 1 saturated carbocycles. The highest BCUT2D eigenvalue weighted by Gasteiger charge is 2.20. The largest absolute Gasteiger partial charge is 0.312 e. The monoisotopic (exact) mass is 311 g/mol. The van der Waals surface area contributed by atoms with Gasteiger partial charge in [-0.25, -0.2) is 18.1 Å². The van der Waals surface area contributed by atoms with Gasteiger partial charge in [-0.15, -0.1) is 0 Å². The minimum absolute atomic E-state index is 0.0662. The molecular formula is C11H17N7O2S. The van der Waals surface area contributed by atoms with Crippen LogP contribution in [0.2, 0.25) is 0 Å². The summed E-state index contributed by atoms with van der Waals surface area (Å²) in [6.07, 6.45) is 6.65. The third kappa shape index (κ3) is 3.86. The Labute approximate surface area is 122 Å². The molecule has 0 bridgehead atoms. The van der Waals surface area contributed by atoms with Gasteiger partial charge in [-0.3, -0.25) is 9.78 Å². The van der Waals surface area contributed by atoms with E-state index in [0.717, 1.165) is 6.54 Å². The van der Waals surface area contributed by atoms with Crippen molar-refractivity contribution < 1.29 is 8.42 Å². The van der Waals surface area contributed by atoms with Crippen LogP contribution >= 0.6 is 0 Å². The maximum absolute atomic E-state index is 12.1. The fourth-order valence-electron chi connectivity index (χ4n) is 1.84. The minimum atomic E-state index is -3.59. The van der Waals surface area contributed by atoms with Crippen LogP contribution < -0.4 is 10.0 Å². The van der Waals surface area contributed by atoms with E-state index < -0.39 is 10.0 Å².